The summed E-state index contributed by atoms with van der Waals surface area (Å²) in [5.41, 5.74) is 4.35. The monoisotopic (exact) mass is 283 g/mol. The molecule has 0 aromatic heterocycles. The van der Waals surface area contributed by atoms with Crippen LogP contribution in [0.25, 0.3) is 0 Å². The van der Waals surface area contributed by atoms with Crippen LogP contribution in [0.4, 0.5) is 0 Å². The van der Waals surface area contributed by atoms with Crippen molar-refractivity contribution in [3.63, 3.8) is 0 Å². The fraction of sp³-hybridized carbons (Fsp3) is 0.278. The third-order valence-electron chi connectivity index (χ3n) is 3.37. The number of ether oxygens (including phenoxy) is 1. The van der Waals surface area contributed by atoms with Crippen molar-refractivity contribution in [3.8, 4) is 0 Å². The van der Waals surface area contributed by atoms with Gasteiger partial charge in [-0.05, 0) is 42.7 Å². The Hall–Kier alpha value is -2.13. The minimum absolute atomic E-state index is 0.267. The summed E-state index contributed by atoms with van der Waals surface area (Å²) in [5.74, 6) is -0.267. The summed E-state index contributed by atoms with van der Waals surface area (Å²) in [6.07, 6.45) is 0. The van der Waals surface area contributed by atoms with E-state index in [1.807, 2.05) is 37.3 Å². The van der Waals surface area contributed by atoms with Crippen LogP contribution in [0.5, 0.6) is 0 Å². The van der Waals surface area contributed by atoms with Gasteiger partial charge < -0.3 is 10.1 Å². The highest BCUT2D eigenvalue weighted by Crippen LogP contribution is 2.08. The molecule has 0 saturated carbocycles. The maximum Gasteiger partial charge on any atom is 0.338 e. The molecule has 0 fully saturated rings. The van der Waals surface area contributed by atoms with E-state index in [1.165, 1.54) is 11.1 Å². The van der Waals surface area contributed by atoms with Gasteiger partial charge in [0.05, 0.1) is 12.2 Å². The number of hydrogen-bond donors (Lipinski definition) is 1. The van der Waals surface area contributed by atoms with Crippen LogP contribution in [0.1, 0.15) is 34.0 Å². The van der Waals surface area contributed by atoms with E-state index in [9.17, 15) is 4.79 Å². The van der Waals surface area contributed by atoms with Crippen molar-refractivity contribution >= 4 is 5.97 Å². The lowest BCUT2D eigenvalue weighted by Gasteiger charge is -2.08. The third-order valence-corrected chi connectivity index (χ3v) is 3.37. The molecule has 0 unspecified atom stereocenters. The Bertz CT molecular complexity index is 590. The fourth-order valence-corrected chi connectivity index (χ4v) is 2.12. The van der Waals surface area contributed by atoms with Crippen LogP contribution >= 0.6 is 0 Å². The summed E-state index contributed by atoms with van der Waals surface area (Å²) in [6.45, 7) is 5.94. The van der Waals surface area contributed by atoms with Gasteiger partial charge >= 0.3 is 5.97 Å². The first-order chi connectivity index (χ1) is 10.2. The Balaban J connectivity index is 1.87. The molecule has 0 amide bonds. The zero-order chi connectivity index (χ0) is 15.1. The molecular formula is C18H21NO2. The Morgan fingerprint density at radius 2 is 1.76 bits per heavy atom. The largest absolute Gasteiger partial charge is 0.462 e. The number of rotatable bonds is 6. The van der Waals surface area contributed by atoms with Crippen LogP contribution in [-0.4, -0.2) is 12.6 Å². The Labute approximate surface area is 126 Å². The molecule has 0 radical (unpaired) electrons. The van der Waals surface area contributed by atoms with Crippen LogP contribution in [0.2, 0.25) is 0 Å². The average Bonchev–Trinajstić information content (AvgIpc) is 2.50. The van der Waals surface area contributed by atoms with E-state index in [0.717, 1.165) is 18.7 Å². The number of carbonyl (C=O) groups excluding carboxylic acids is 1. The van der Waals surface area contributed by atoms with Crippen molar-refractivity contribution in [1.29, 1.82) is 0 Å². The van der Waals surface area contributed by atoms with Crippen molar-refractivity contribution in [2.75, 3.05) is 6.61 Å². The molecule has 2 aromatic rings. The Morgan fingerprint density at radius 1 is 1.05 bits per heavy atom. The zero-order valence-electron chi connectivity index (χ0n) is 12.6. The van der Waals surface area contributed by atoms with Crippen LogP contribution in [-0.2, 0) is 17.8 Å². The number of carbonyl (C=O) groups is 1. The third kappa shape index (κ3) is 4.43. The summed E-state index contributed by atoms with van der Waals surface area (Å²) in [4.78, 5) is 11.6. The predicted octanol–water partition coefficient (Wildman–Crippen LogP) is 3.46. The van der Waals surface area contributed by atoms with Gasteiger partial charge in [0.1, 0.15) is 0 Å². The van der Waals surface area contributed by atoms with Crippen molar-refractivity contribution in [1.82, 2.24) is 5.32 Å². The molecule has 2 rings (SSSR count). The molecule has 2 aromatic carbocycles. The number of hydrogen-bond acceptors (Lipinski definition) is 3. The van der Waals surface area contributed by atoms with Gasteiger partial charge in [0, 0.05) is 13.1 Å². The molecule has 0 atom stereocenters. The van der Waals surface area contributed by atoms with Crippen molar-refractivity contribution in [2.45, 2.75) is 26.9 Å². The van der Waals surface area contributed by atoms with Gasteiger partial charge in [-0.25, -0.2) is 4.79 Å². The first kappa shape index (κ1) is 15.3. The molecule has 0 saturated heterocycles. The molecule has 3 heteroatoms. The van der Waals surface area contributed by atoms with Crippen LogP contribution in [0.15, 0.2) is 48.5 Å². The highest BCUT2D eigenvalue weighted by molar-refractivity contribution is 5.89. The molecule has 3 nitrogen and oxygen atoms in total. The minimum Gasteiger partial charge on any atom is -0.462 e. The topological polar surface area (TPSA) is 38.3 Å². The van der Waals surface area contributed by atoms with Gasteiger partial charge in [0.15, 0.2) is 0 Å². The van der Waals surface area contributed by atoms with Crippen LogP contribution in [0, 0.1) is 6.92 Å². The lowest BCUT2D eigenvalue weighted by molar-refractivity contribution is 0.0526. The standard InChI is InChI=1S/C18H21NO2/c1-3-21-18(20)16-10-8-15(9-11-16)12-19-13-17-7-5-4-6-14(17)2/h4-11,19H,3,12-13H2,1-2H3. The second kappa shape index (κ2) is 7.60. The fourth-order valence-electron chi connectivity index (χ4n) is 2.12. The Morgan fingerprint density at radius 3 is 2.43 bits per heavy atom. The van der Waals surface area contributed by atoms with Gasteiger partial charge in [0.2, 0.25) is 0 Å². The quantitative estimate of drug-likeness (QED) is 0.825. The molecule has 110 valence electrons. The molecule has 0 heterocycles. The van der Waals surface area contributed by atoms with E-state index in [1.54, 1.807) is 0 Å². The van der Waals surface area contributed by atoms with E-state index in [0.29, 0.717) is 12.2 Å². The van der Waals surface area contributed by atoms with E-state index in [2.05, 4.69) is 30.4 Å². The van der Waals surface area contributed by atoms with Crippen molar-refractivity contribution < 1.29 is 9.53 Å². The maximum absolute atomic E-state index is 11.6. The lowest BCUT2D eigenvalue weighted by Crippen LogP contribution is -2.13. The summed E-state index contributed by atoms with van der Waals surface area (Å²) in [5, 5.41) is 3.42. The first-order valence-electron chi connectivity index (χ1n) is 7.22. The summed E-state index contributed by atoms with van der Waals surface area (Å²) >= 11 is 0. The molecule has 0 aliphatic rings. The van der Waals surface area contributed by atoms with E-state index in [-0.39, 0.29) is 5.97 Å². The van der Waals surface area contributed by atoms with E-state index in [4.69, 9.17) is 4.74 Å². The van der Waals surface area contributed by atoms with Crippen LogP contribution in [0.3, 0.4) is 0 Å². The van der Waals surface area contributed by atoms with Crippen molar-refractivity contribution in [3.05, 3.63) is 70.8 Å². The zero-order valence-corrected chi connectivity index (χ0v) is 12.6. The molecule has 21 heavy (non-hydrogen) atoms. The normalized spacial score (nSPS) is 10.4. The number of nitrogens with one attached hydrogen (secondary N) is 1. The minimum atomic E-state index is -0.267. The molecule has 0 bridgehead atoms. The van der Waals surface area contributed by atoms with Crippen LogP contribution < -0.4 is 5.32 Å². The molecule has 0 aliphatic carbocycles. The highest BCUT2D eigenvalue weighted by Gasteiger charge is 2.05. The van der Waals surface area contributed by atoms with E-state index >= 15 is 0 Å². The van der Waals surface area contributed by atoms with Gasteiger partial charge in [-0.3, -0.25) is 0 Å². The highest BCUT2D eigenvalue weighted by atomic mass is 16.5. The second-order valence-corrected chi connectivity index (χ2v) is 4.95. The van der Waals surface area contributed by atoms with Gasteiger partial charge in [-0.15, -0.1) is 0 Å². The molecule has 1 N–H and O–H groups in total. The summed E-state index contributed by atoms with van der Waals surface area (Å²) in [7, 11) is 0. The van der Waals surface area contributed by atoms with Gasteiger partial charge in [-0.1, -0.05) is 36.4 Å². The lowest BCUT2D eigenvalue weighted by atomic mass is 10.1. The van der Waals surface area contributed by atoms with E-state index < -0.39 is 0 Å². The number of esters is 1. The van der Waals surface area contributed by atoms with Gasteiger partial charge in [0.25, 0.3) is 0 Å². The Kier molecular flexibility index (Phi) is 5.52. The second-order valence-electron chi connectivity index (χ2n) is 4.95. The molecule has 0 aliphatic heterocycles. The van der Waals surface area contributed by atoms with Crippen molar-refractivity contribution in [2.24, 2.45) is 0 Å². The first-order valence-corrected chi connectivity index (χ1v) is 7.22. The number of benzene rings is 2. The number of aryl methyl sites for hydroxylation is 1. The summed E-state index contributed by atoms with van der Waals surface area (Å²) < 4.78 is 4.97. The maximum atomic E-state index is 11.6. The van der Waals surface area contributed by atoms with Gasteiger partial charge in [-0.2, -0.15) is 0 Å². The predicted molar refractivity (Wildman–Crippen MR) is 84.1 cm³/mol. The molecular weight excluding hydrogens is 262 g/mol. The smallest absolute Gasteiger partial charge is 0.338 e. The average molecular weight is 283 g/mol. The SMILES string of the molecule is CCOC(=O)c1ccc(CNCc2ccccc2C)cc1. The molecule has 0 spiro atoms. The summed E-state index contributed by atoms with van der Waals surface area (Å²) in [6, 6.07) is 15.9.